The molecule has 6 aromatic rings. The highest BCUT2D eigenvalue weighted by atomic mass is 16.5. The van der Waals surface area contributed by atoms with Crippen molar-refractivity contribution in [2.24, 2.45) is 11.8 Å². The molecule has 4 aliphatic carbocycles. The molecule has 4 heterocycles. The average Bonchev–Trinajstić information content (AvgIpc) is 3.99. The number of esters is 1. The predicted octanol–water partition coefficient (Wildman–Crippen LogP) is 10.5. The zero-order valence-electron chi connectivity index (χ0n) is 32.5. The molecule has 8 nitrogen and oxygen atoms in total. The van der Waals surface area contributed by atoms with E-state index in [1.165, 1.54) is 71.5 Å². The second-order valence-corrected chi connectivity index (χ2v) is 16.8. The summed E-state index contributed by atoms with van der Waals surface area (Å²) in [6.45, 7) is 4.81. The first kappa shape index (κ1) is 36.4. The van der Waals surface area contributed by atoms with Crippen LogP contribution >= 0.6 is 0 Å². The molecule has 4 aliphatic rings. The highest BCUT2D eigenvalue weighted by molar-refractivity contribution is 5.91. The number of hydrogen-bond donors (Lipinski definition) is 1. The van der Waals surface area contributed by atoms with E-state index in [1.807, 2.05) is 24.5 Å². The SMILES string of the molecule is CCCCOC(=O)c1cc(C2CC2)cnc1Cc1ccc2c(ccn2CC2CC2)c1.O=C(O)c1cc(C2CC2)cnc1Cc1ccc2c(ccn2CC2CC2)c1. The van der Waals surface area contributed by atoms with Crippen LogP contribution in [0.2, 0.25) is 0 Å². The molecule has 4 fully saturated rings. The number of unbranched alkanes of at least 4 members (excludes halogenated alkanes) is 1. The van der Waals surface area contributed by atoms with Gasteiger partial charge >= 0.3 is 11.9 Å². The smallest absolute Gasteiger partial charge is 0.340 e. The summed E-state index contributed by atoms with van der Waals surface area (Å²) < 4.78 is 10.2. The number of pyridine rings is 2. The molecule has 0 saturated heterocycles. The lowest BCUT2D eigenvalue weighted by Crippen LogP contribution is -2.12. The minimum Gasteiger partial charge on any atom is -0.478 e. The van der Waals surface area contributed by atoms with Crippen molar-refractivity contribution in [1.29, 1.82) is 0 Å². The van der Waals surface area contributed by atoms with Gasteiger partial charge in [0.2, 0.25) is 0 Å². The minimum absolute atomic E-state index is 0.231. The van der Waals surface area contributed by atoms with Crippen molar-refractivity contribution in [3.63, 3.8) is 0 Å². The number of carbonyl (C=O) groups excluding carboxylic acids is 1. The number of benzene rings is 2. The molecule has 0 amide bonds. The van der Waals surface area contributed by atoms with E-state index in [4.69, 9.17) is 9.72 Å². The van der Waals surface area contributed by atoms with E-state index in [2.05, 4.69) is 82.0 Å². The van der Waals surface area contributed by atoms with Crippen LogP contribution in [0.3, 0.4) is 0 Å². The van der Waals surface area contributed by atoms with Gasteiger partial charge in [0.1, 0.15) is 0 Å². The maximum Gasteiger partial charge on any atom is 0.340 e. The molecule has 4 saturated carbocycles. The van der Waals surface area contributed by atoms with Gasteiger partial charge in [-0.1, -0.05) is 25.5 Å². The third kappa shape index (κ3) is 8.59. The Balaban J connectivity index is 0.000000148. The summed E-state index contributed by atoms with van der Waals surface area (Å²) in [4.78, 5) is 33.7. The maximum absolute atomic E-state index is 12.8. The molecular formula is C48H52N4O4. The lowest BCUT2D eigenvalue weighted by atomic mass is 10.0. The number of carboxylic acid groups (broad SMARTS) is 1. The number of ether oxygens (including phenoxy) is 1. The van der Waals surface area contributed by atoms with Gasteiger partial charge in [0.15, 0.2) is 0 Å². The van der Waals surface area contributed by atoms with Crippen LogP contribution in [0.25, 0.3) is 21.8 Å². The Bertz CT molecular complexity index is 2390. The fourth-order valence-corrected chi connectivity index (χ4v) is 7.91. The summed E-state index contributed by atoms with van der Waals surface area (Å²) >= 11 is 0. The van der Waals surface area contributed by atoms with Crippen LogP contribution in [0.15, 0.2) is 85.5 Å². The minimum atomic E-state index is -0.883. The molecule has 8 heteroatoms. The molecule has 1 N–H and O–H groups in total. The molecular weight excluding hydrogens is 697 g/mol. The molecule has 10 rings (SSSR count). The van der Waals surface area contributed by atoms with Crippen LogP contribution in [-0.2, 0) is 30.7 Å². The molecule has 0 atom stereocenters. The number of rotatable bonds is 15. The summed E-state index contributed by atoms with van der Waals surface area (Å²) in [6.07, 6.45) is 21.4. The van der Waals surface area contributed by atoms with E-state index in [0.717, 1.165) is 67.4 Å². The van der Waals surface area contributed by atoms with Gasteiger partial charge in [-0.25, -0.2) is 9.59 Å². The van der Waals surface area contributed by atoms with E-state index >= 15 is 0 Å². The van der Waals surface area contributed by atoms with Gasteiger partial charge in [0.05, 0.1) is 29.1 Å². The van der Waals surface area contributed by atoms with Crippen LogP contribution in [0.5, 0.6) is 0 Å². The summed E-state index contributed by atoms with van der Waals surface area (Å²) in [5.74, 6) is 1.67. The van der Waals surface area contributed by atoms with Crippen LogP contribution < -0.4 is 0 Å². The van der Waals surface area contributed by atoms with Gasteiger partial charge in [0.25, 0.3) is 0 Å². The highest BCUT2D eigenvalue weighted by Crippen LogP contribution is 2.41. The topological polar surface area (TPSA) is 99.2 Å². The average molecular weight is 749 g/mol. The van der Waals surface area contributed by atoms with Crippen molar-refractivity contribution in [3.8, 4) is 0 Å². The Labute approximate surface area is 328 Å². The van der Waals surface area contributed by atoms with Crippen molar-refractivity contribution >= 4 is 33.7 Å². The monoisotopic (exact) mass is 748 g/mol. The number of aromatic carboxylic acids is 1. The lowest BCUT2D eigenvalue weighted by Gasteiger charge is -2.11. The Hall–Kier alpha value is -5.24. The Morgan fingerprint density at radius 3 is 1.64 bits per heavy atom. The van der Waals surface area contributed by atoms with Gasteiger partial charge in [0, 0.05) is 61.8 Å². The van der Waals surface area contributed by atoms with E-state index in [-0.39, 0.29) is 5.97 Å². The molecule has 4 aromatic heterocycles. The van der Waals surface area contributed by atoms with Crippen LogP contribution in [-0.4, -0.2) is 42.8 Å². The van der Waals surface area contributed by atoms with E-state index in [1.54, 1.807) is 0 Å². The fourth-order valence-electron chi connectivity index (χ4n) is 7.91. The molecule has 56 heavy (non-hydrogen) atoms. The standard InChI is InChI=1S/C26H30N2O2.C22H22N2O2/c1-2-3-12-30-26(29)23-15-22(20-7-8-20)16-27-24(23)14-19-6-9-25-21(13-19)10-11-28(25)17-18-4-5-18;25-22(26)19-11-18(16-4-5-16)12-23-20(19)10-15-3-6-21-17(9-15)7-8-24(21)13-14-1-2-14/h6,9-11,13,15-16,18,20H,2-5,7-8,12,14,17H2,1H3;3,6-9,11-12,14,16H,1-2,4-5,10,13H2,(H,25,26). The normalized spacial score (nSPS) is 16.5. The fraction of sp³-hybridized carbons (Fsp3) is 0.417. The van der Waals surface area contributed by atoms with Gasteiger partial charge in [-0.05, 0) is 163 Å². The van der Waals surface area contributed by atoms with Crippen molar-refractivity contribution in [1.82, 2.24) is 19.1 Å². The summed E-state index contributed by atoms with van der Waals surface area (Å²) in [6, 6.07) is 21.3. The maximum atomic E-state index is 12.8. The summed E-state index contributed by atoms with van der Waals surface area (Å²) in [7, 11) is 0. The Kier molecular flexibility index (Phi) is 10.2. The molecule has 0 bridgehead atoms. The van der Waals surface area contributed by atoms with Gasteiger partial charge in [-0.3, -0.25) is 9.97 Å². The molecule has 2 aromatic carbocycles. The zero-order chi connectivity index (χ0) is 38.2. The van der Waals surface area contributed by atoms with Crippen molar-refractivity contribution in [2.45, 2.75) is 109 Å². The Morgan fingerprint density at radius 1 is 0.679 bits per heavy atom. The van der Waals surface area contributed by atoms with E-state index in [9.17, 15) is 14.7 Å². The van der Waals surface area contributed by atoms with Crippen LogP contribution in [0.1, 0.15) is 137 Å². The number of nitrogens with zero attached hydrogens (tertiary/aromatic N) is 4. The molecule has 0 unspecified atom stereocenters. The summed E-state index contributed by atoms with van der Waals surface area (Å²) in [5.41, 5.74) is 9.54. The zero-order valence-corrected chi connectivity index (χ0v) is 32.5. The van der Waals surface area contributed by atoms with Crippen molar-refractivity contribution in [2.75, 3.05) is 6.61 Å². The number of carboxylic acids is 1. The van der Waals surface area contributed by atoms with E-state index < -0.39 is 5.97 Å². The van der Waals surface area contributed by atoms with Gasteiger partial charge in [-0.2, -0.15) is 0 Å². The lowest BCUT2D eigenvalue weighted by molar-refractivity contribution is 0.0497. The molecule has 288 valence electrons. The third-order valence-electron chi connectivity index (χ3n) is 12.0. The van der Waals surface area contributed by atoms with Crippen molar-refractivity contribution < 1.29 is 19.4 Å². The second-order valence-electron chi connectivity index (χ2n) is 16.8. The van der Waals surface area contributed by atoms with E-state index in [0.29, 0.717) is 48.1 Å². The van der Waals surface area contributed by atoms with Crippen LogP contribution in [0.4, 0.5) is 0 Å². The predicted molar refractivity (Wildman–Crippen MR) is 220 cm³/mol. The summed E-state index contributed by atoms with van der Waals surface area (Å²) in [5, 5.41) is 12.1. The van der Waals surface area contributed by atoms with Gasteiger partial charge in [-0.15, -0.1) is 0 Å². The highest BCUT2D eigenvalue weighted by Gasteiger charge is 2.28. The molecule has 0 radical (unpaired) electrons. The molecule has 0 spiro atoms. The number of aromatic nitrogens is 4. The van der Waals surface area contributed by atoms with Crippen molar-refractivity contribution in [3.05, 3.63) is 130 Å². The third-order valence-corrected chi connectivity index (χ3v) is 12.0. The number of carbonyl (C=O) groups is 2. The van der Waals surface area contributed by atoms with Crippen LogP contribution in [0, 0.1) is 11.8 Å². The number of fused-ring (bicyclic) bond motifs is 2. The second kappa shape index (κ2) is 15.7. The first-order chi connectivity index (χ1) is 27.4. The largest absolute Gasteiger partial charge is 0.478 e. The first-order valence-corrected chi connectivity index (χ1v) is 20.9. The molecule has 0 aliphatic heterocycles. The van der Waals surface area contributed by atoms with Gasteiger partial charge < -0.3 is 19.0 Å². The Morgan fingerprint density at radius 2 is 1.18 bits per heavy atom. The number of hydrogen-bond acceptors (Lipinski definition) is 5. The first-order valence-electron chi connectivity index (χ1n) is 20.9. The quantitative estimate of drug-likeness (QED) is 0.0829.